The molecule has 0 aliphatic rings. The lowest BCUT2D eigenvalue weighted by molar-refractivity contribution is 1.28. The van der Waals surface area contributed by atoms with Crippen molar-refractivity contribution in [3.8, 4) is 12.1 Å². The molecule has 0 saturated heterocycles. The monoisotopic (exact) mass is 311 g/mol. The van der Waals surface area contributed by atoms with E-state index in [0.29, 0.717) is 0 Å². The summed E-state index contributed by atoms with van der Waals surface area (Å²) in [5.74, 6) is 0. The van der Waals surface area contributed by atoms with Gasteiger partial charge in [-0.3, -0.25) is 0 Å². The molecule has 24 heavy (non-hydrogen) atoms. The number of anilines is 3. The fourth-order valence-electron chi connectivity index (χ4n) is 2.21. The van der Waals surface area contributed by atoms with Crippen LogP contribution in [-0.4, -0.2) is 0 Å². The van der Waals surface area contributed by atoms with Gasteiger partial charge in [0.15, 0.2) is 0 Å². The van der Waals surface area contributed by atoms with Gasteiger partial charge in [0.25, 0.3) is 0 Å². The quantitative estimate of drug-likeness (QED) is 0.634. The van der Waals surface area contributed by atoms with Crippen molar-refractivity contribution >= 4 is 17.1 Å². The third-order valence-electron chi connectivity index (χ3n) is 3.20. The first-order valence-corrected chi connectivity index (χ1v) is 7.56. The van der Waals surface area contributed by atoms with Crippen LogP contribution in [0.15, 0.2) is 91.0 Å². The van der Waals surface area contributed by atoms with Crippen LogP contribution in [0.5, 0.6) is 0 Å². The summed E-state index contributed by atoms with van der Waals surface area (Å²) in [4.78, 5) is 2.25. The maximum Gasteiger partial charge on any atom is 0.122 e. The Balaban J connectivity index is 0.000000368. The van der Waals surface area contributed by atoms with Crippen molar-refractivity contribution in [1.29, 1.82) is 10.5 Å². The lowest BCUT2D eigenvalue weighted by Gasteiger charge is -2.25. The zero-order chi connectivity index (χ0) is 17.0. The van der Waals surface area contributed by atoms with Gasteiger partial charge in [-0.05, 0) is 36.4 Å². The number of benzene rings is 3. The lowest BCUT2D eigenvalue weighted by atomic mass is 10.2. The molecular formula is C21H17N3. The Morgan fingerprint density at radius 2 is 0.833 bits per heavy atom. The van der Waals surface area contributed by atoms with E-state index in [1.165, 1.54) is 17.1 Å². The summed E-state index contributed by atoms with van der Waals surface area (Å²) < 4.78 is 0. The molecule has 0 fully saturated rings. The third kappa shape index (κ3) is 4.73. The van der Waals surface area contributed by atoms with Crippen LogP contribution in [0, 0.1) is 22.7 Å². The van der Waals surface area contributed by atoms with Crippen molar-refractivity contribution < 1.29 is 0 Å². The van der Waals surface area contributed by atoms with Crippen molar-refractivity contribution in [2.24, 2.45) is 0 Å². The van der Waals surface area contributed by atoms with Crippen LogP contribution in [0.3, 0.4) is 0 Å². The summed E-state index contributed by atoms with van der Waals surface area (Å²) in [6.07, 6.45) is 0. The van der Waals surface area contributed by atoms with Crippen LogP contribution in [0.4, 0.5) is 17.1 Å². The van der Waals surface area contributed by atoms with E-state index in [1.807, 2.05) is 18.2 Å². The molecule has 116 valence electrons. The average molecular weight is 311 g/mol. The minimum atomic E-state index is 0. The molecule has 0 amide bonds. The zero-order valence-electron chi connectivity index (χ0n) is 13.2. The van der Waals surface area contributed by atoms with Gasteiger partial charge in [-0.2, -0.15) is 10.5 Å². The predicted octanol–water partition coefficient (Wildman–Crippen LogP) is 5.58. The molecule has 3 heteroatoms. The van der Waals surface area contributed by atoms with Crippen LogP contribution in [0.1, 0.15) is 6.42 Å². The van der Waals surface area contributed by atoms with Crippen molar-refractivity contribution in [1.82, 2.24) is 0 Å². The Kier molecular flexibility index (Phi) is 6.62. The van der Waals surface area contributed by atoms with Gasteiger partial charge in [0.05, 0.1) is 12.1 Å². The van der Waals surface area contributed by atoms with E-state index >= 15 is 0 Å². The predicted molar refractivity (Wildman–Crippen MR) is 97.0 cm³/mol. The van der Waals surface area contributed by atoms with E-state index in [9.17, 15) is 0 Å². The molecule has 0 radical (unpaired) electrons. The standard InChI is InChI=1S/C18H15N.C3H2N2/c1-4-10-16(11-5-1)19(17-12-6-2-7-13-17)18-14-8-3-9-15-18;4-2-1-3-5/h1-15H;1H2. The highest BCUT2D eigenvalue weighted by Gasteiger charge is 2.10. The zero-order valence-corrected chi connectivity index (χ0v) is 13.2. The molecule has 0 aromatic heterocycles. The lowest BCUT2D eigenvalue weighted by Crippen LogP contribution is -2.09. The first-order chi connectivity index (χ1) is 11.9. The minimum Gasteiger partial charge on any atom is -0.311 e. The van der Waals surface area contributed by atoms with Gasteiger partial charge in [-0.25, -0.2) is 0 Å². The van der Waals surface area contributed by atoms with Crippen LogP contribution in [0.2, 0.25) is 0 Å². The van der Waals surface area contributed by atoms with Gasteiger partial charge < -0.3 is 4.90 Å². The van der Waals surface area contributed by atoms with Gasteiger partial charge in [-0.1, -0.05) is 54.6 Å². The smallest absolute Gasteiger partial charge is 0.122 e. The highest BCUT2D eigenvalue weighted by atomic mass is 15.1. The molecule has 0 saturated carbocycles. The van der Waals surface area contributed by atoms with Crippen molar-refractivity contribution in [3.05, 3.63) is 91.0 Å². The number of nitrogens with zero attached hydrogens (tertiary/aromatic N) is 3. The van der Waals surface area contributed by atoms with E-state index in [1.54, 1.807) is 12.1 Å². The second-order valence-corrected chi connectivity index (χ2v) is 4.84. The molecule has 3 nitrogen and oxygen atoms in total. The molecule has 0 aliphatic carbocycles. The van der Waals surface area contributed by atoms with Crippen LogP contribution in [0.25, 0.3) is 0 Å². The topological polar surface area (TPSA) is 50.8 Å². The third-order valence-corrected chi connectivity index (χ3v) is 3.20. The molecule has 3 rings (SSSR count). The van der Waals surface area contributed by atoms with Crippen molar-refractivity contribution in [3.63, 3.8) is 0 Å². The van der Waals surface area contributed by atoms with E-state index in [2.05, 4.69) is 77.7 Å². The van der Waals surface area contributed by atoms with E-state index in [0.717, 1.165) is 0 Å². The Morgan fingerprint density at radius 1 is 0.542 bits per heavy atom. The SMILES string of the molecule is N#CCC#N.c1ccc(N(c2ccccc2)c2ccccc2)cc1. The van der Waals surface area contributed by atoms with Gasteiger partial charge in [-0.15, -0.1) is 0 Å². The van der Waals surface area contributed by atoms with E-state index < -0.39 is 0 Å². The molecule has 0 spiro atoms. The summed E-state index contributed by atoms with van der Waals surface area (Å²) in [6.45, 7) is 0. The molecule has 0 unspecified atom stereocenters. The average Bonchev–Trinajstić information content (AvgIpc) is 2.66. The molecule has 0 bridgehead atoms. The number of hydrogen-bond acceptors (Lipinski definition) is 3. The molecular weight excluding hydrogens is 294 g/mol. The largest absolute Gasteiger partial charge is 0.311 e. The summed E-state index contributed by atoms with van der Waals surface area (Å²) in [6, 6.07) is 34.6. The van der Waals surface area contributed by atoms with E-state index in [-0.39, 0.29) is 6.42 Å². The fourth-order valence-corrected chi connectivity index (χ4v) is 2.21. The Labute approximate surface area is 142 Å². The Hall–Kier alpha value is -3.56. The first kappa shape index (κ1) is 16.8. The van der Waals surface area contributed by atoms with Gasteiger partial charge in [0, 0.05) is 17.1 Å². The summed E-state index contributed by atoms with van der Waals surface area (Å²) in [5, 5.41) is 15.2. The summed E-state index contributed by atoms with van der Waals surface area (Å²) in [5.41, 5.74) is 3.50. The molecule has 0 atom stereocenters. The molecule has 3 aromatic rings. The van der Waals surface area contributed by atoms with Crippen LogP contribution >= 0.6 is 0 Å². The van der Waals surface area contributed by atoms with Gasteiger partial charge >= 0.3 is 0 Å². The second-order valence-electron chi connectivity index (χ2n) is 4.84. The Morgan fingerprint density at radius 3 is 1.04 bits per heavy atom. The number of rotatable bonds is 3. The Bertz CT molecular complexity index is 695. The molecule has 0 heterocycles. The molecule has 0 aliphatic heterocycles. The normalized spacial score (nSPS) is 8.92. The van der Waals surface area contributed by atoms with Crippen molar-refractivity contribution in [2.75, 3.05) is 4.90 Å². The van der Waals surface area contributed by atoms with Crippen molar-refractivity contribution in [2.45, 2.75) is 6.42 Å². The summed E-state index contributed by atoms with van der Waals surface area (Å²) in [7, 11) is 0. The maximum atomic E-state index is 7.59. The molecule has 3 aromatic carbocycles. The van der Waals surface area contributed by atoms with Crippen LogP contribution in [-0.2, 0) is 0 Å². The van der Waals surface area contributed by atoms with E-state index in [4.69, 9.17) is 10.5 Å². The first-order valence-electron chi connectivity index (χ1n) is 7.56. The molecule has 0 N–H and O–H groups in total. The highest BCUT2D eigenvalue weighted by Crippen LogP contribution is 2.33. The minimum absolute atomic E-state index is 0. The number of nitriles is 2. The fraction of sp³-hybridized carbons (Fsp3) is 0.0476. The van der Waals surface area contributed by atoms with Gasteiger partial charge in [0.2, 0.25) is 0 Å². The van der Waals surface area contributed by atoms with Crippen LogP contribution < -0.4 is 4.90 Å². The summed E-state index contributed by atoms with van der Waals surface area (Å²) >= 11 is 0. The maximum absolute atomic E-state index is 7.59. The van der Waals surface area contributed by atoms with Gasteiger partial charge in [0.1, 0.15) is 6.42 Å². The number of hydrogen-bond donors (Lipinski definition) is 0. The number of para-hydroxylation sites is 3. The highest BCUT2D eigenvalue weighted by molar-refractivity contribution is 5.76. The second kappa shape index (κ2) is 9.46.